The van der Waals surface area contributed by atoms with Crippen molar-refractivity contribution in [2.24, 2.45) is 5.73 Å². The Kier molecular flexibility index (Phi) is 6.15. The topological polar surface area (TPSA) is 62.3 Å². The lowest BCUT2D eigenvalue weighted by Gasteiger charge is -2.24. The van der Waals surface area contributed by atoms with Gasteiger partial charge in [0.05, 0.1) is 5.84 Å². The van der Waals surface area contributed by atoms with E-state index in [0.29, 0.717) is 13.0 Å². The van der Waals surface area contributed by atoms with Crippen LogP contribution in [0, 0.1) is 5.41 Å². The number of likely N-dealkylation sites (N-methyl/N-ethyl adjacent to an activating group) is 1. The van der Waals surface area contributed by atoms with Crippen molar-refractivity contribution in [1.82, 2.24) is 4.90 Å². The molecule has 1 rings (SSSR count). The van der Waals surface area contributed by atoms with Gasteiger partial charge in [0.1, 0.15) is 12.4 Å². The van der Waals surface area contributed by atoms with Crippen LogP contribution in [0.4, 0.5) is 0 Å². The minimum atomic E-state index is 0.225. The second-order valence-electron chi connectivity index (χ2n) is 4.36. The minimum absolute atomic E-state index is 0.225. The van der Waals surface area contributed by atoms with Gasteiger partial charge in [-0.25, -0.2) is 0 Å². The highest BCUT2D eigenvalue weighted by Gasteiger charge is 2.09. The molecule has 0 radical (unpaired) electrons. The zero-order chi connectivity index (χ0) is 13.5. The minimum Gasteiger partial charge on any atom is -0.492 e. The maximum absolute atomic E-state index is 7.27. The summed E-state index contributed by atoms with van der Waals surface area (Å²) < 4.78 is 6.68. The molecule has 0 spiro atoms. The van der Waals surface area contributed by atoms with Crippen LogP contribution in [0.15, 0.2) is 28.7 Å². The third-order valence-corrected chi connectivity index (χ3v) is 3.32. The molecule has 0 aliphatic heterocycles. The Labute approximate surface area is 117 Å². The third kappa shape index (κ3) is 5.51. The Morgan fingerprint density at radius 1 is 1.44 bits per heavy atom. The SMILES string of the molecule is CC(CC(=N)N)N(C)CCOc1ccc(Br)cc1. The summed E-state index contributed by atoms with van der Waals surface area (Å²) >= 11 is 3.38. The summed E-state index contributed by atoms with van der Waals surface area (Å²) in [5.41, 5.74) is 5.39. The number of nitrogens with zero attached hydrogens (tertiary/aromatic N) is 1. The highest BCUT2D eigenvalue weighted by molar-refractivity contribution is 9.10. The molecule has 0 aliphatic carbocycles. The summed E-state index contributed by atoms with van der Waals surface area (Å²) in [5.74, 6) is 1.09. The second-order valence-corrected chi connectivity index (χ2v) is 5.28. The van der Waals surface area contributed by atoms with Crippen LogP contribution in [-0.4, -0.2) is 37.0 Å². The van der Waals surface area contributed by atoms with E-state index in [-0.39, 0.29) is 11.9 Å². The summed E-state index contributed by atoms with van der Waals surface area (Å²) in [6, 6.07) is 8.04. The van der Waals surface area contributed by atoms with Crippen LogP contribution in [0.1, 0.15) is 13.3 Å². The van der Waals surface area contributed by atoms with Gasteiger partial charge in [0, 0.05) is 23.5 Å². The normalized spacial score (nSPS) is 12.4. The predicted molar refractivity (Wildman–Crippen MR) is 78.3 cm³/mol. The second kappa shape index (κ2) is 7.38. The van der Waals surface area contributed by atoms with Crippen LogP contribution in [0.3, 0.4) is 0 Å². The average Bonchev–Trinajstić information content (AvgIpc) is 2.30. The van der Waals surface area contributed by atoms with E-state index < -0.39 is 0 Å². The zero-order valence-corrected chi connectivity index (χ0v) is 12.4. The molecule has 0 saturated carbocycles. The zero-order valence-electron chi connectivity index (χ0n) is 10.8. The van der Waals surface area contributed by atoms with Gasteiger partial charge in [-0.1, -0.05) is 15.9 Å². The van der Waals surface area contributed by atoms with Gasteiger partial charge in [-0.15, -0.1) is 0 Å². The molecule has 0 aliphatic rings. The van der Waals surface area contributed by atoms with E-state index in [4.69, 9.17) is 15.9 Å². The van der Waals surface area contributed by atoms with E-state index in [0.717, 1.165) is 16.8 Å². The standard InChI is InChI=1S/C13H20BrN3O/c1-10(9-13(15)16)17(2)7-8-18-12-5-3-11(14)4-6-12/h3-6,10H,7-9H2,1-2H3,(H3,15,16). The molecule has 3 N–H and O–H groups in total. The number of hydrogen-bond acceptors (Lipinski definition) is 3. The molecule has 0 heterocycles. The maximum Gasteiger partial charge on any atom is 0.119 e. The van der Waals surface area contributed by atoms with Crippen molar-refractivity contribution in [3.63, 3.8) is 0 Å². The Morgan fingerprint density at radius 3 is 2.61 bits per heavy atom. The first-order valence-corrected chi connectivity index (χ1v) is 6.70. The molecule has 1 atom stereocenters. The van der Waals surface area contributed by atoms with Crippen LogP contribution >= 0.6 is 15.9 Å². The monoisotopic (exact) mass is 313 g/mol. The van der Waals surface area contributed by atoms with Gasteiger partial charge in [-0.3, -0.25) is 10.3 Å². The quantitative estimate of drug-likeness (QED) is 0.600. The number of amidine groups is 1. The smallest absolute Gasteiger partial charge is 0.119 e. The number of nitrogens with one attached hydrogen (secondary N) is 1. The molecule has 0 amide bonds. The predicted octanol–water partition coefficient (Wildman–Crippen LogP) is 2.47. The van der Waals surface area contributed by atoms with Crippen molar-refractivity contribution in [3.05, 3.63) is 28.7 Å². The lowest BCUT2D eigenvalue weighted by Crippen LogP contribution is -2.35. The molecule has 1 aromatic rings. The van der Waals surface area contributed by atoms with Crippen LogP contribution in [0.25, 0.3) is 0 Å². The first kappa shape index (κ1) is 15.0. The molecule has 0 saturated heterocycles. The number of rotatable bonds is 7. The van der Waals surface area contributed by atoms with Crippen LogP contribution in [0.5, 0.6) is 5.75 Å². The van der Waals surface area contributed by atoms with Gasteiger partial charge < -0.3 is 10.5 Å². The Balaban J connectivity index is 2.28. The third-order valence-electron chi connectivity index (χ3n) is 2.79. The summed E-state index contributed by atoms with van der Waals surface area (Å²) in [6.07, 6.45) is 0.592. The van der Waals surface area contributed by atoms with Gasteiger partial charge in [0.15, 0.2) is 0 Å². The fourth-order valence-corrected chi connectivity index (χ4v) is 1.80. The number of halogens is 1. The molecule has 1 aromatic carbocycles. The fraction of sp³-hybridized carbons (Fsp3) is 0.462. The van der Waals surface area contributed by atoms with E-state index in [9.17, 15) is 0 Å². The Morgan fingerprint density at radius 2 is 2.06 bits per heavy atom. The number of nitrogens with two attached hydrogens (primary N) is 1. The summed E-state index contributed by atoms with van der Waals surface area (Å²) in [4.78, 5) is 2.14. The van der Waals surface area contributed by atoms with E-state index in [1.165, 1.54) is 0 Å². The van der Waals surface area contributed by atoms with Gasteiger partial charge in [0.2, 0.25) is 0 Å². The van der Waals surface area contributed by atoms with E-state index in [1.807, 2.05) is 31.3 Å². The lowest BCUT2D eigenvalue weighted by molar-refractivity contribution is 0.202. The van der Waals surface area contributed by atoms with Gasteiger partial charge in [-0.05, 0) is 38.2 Å². The molecule has 0 fully saturated rings. The molecule has 5 heteroatoms. The molecule has 4 nitrogen and oxygen atoms in total. The van der Waals surface area contributed by atoms with Crippen molar-refractivity contribution in [2.45, 2.75) is 19.4 Å². The lowest BCUT2D eigenvalue weighted by atomic mass is 10.2. The first-order chi connectivity index (χ1) is 8.49. The van der Waals surface area contributed by atoms with Crippen molar-refractivity contribution in [3.8, 4) is 5.75 Å². The average molecular weight is 314 g/mol. The Hall–Kier alpha value is -1.07. The molecule has 1 unspecified atom stereocenters. The summed E-state index contributed by atoms with van der Waals surface area (Å²) in [7, 11) is 2.01. The molecule has 0 bridgehead atoms. The number of benzene rings is 1. The fourth-order valence-electron chi connectivity index (χ4n) is 1.53. The largest absolute Gasteiger partial charge is 0.492 e. The highest BCUT2D eigenvalue weighted by Crippen LogP contribution is 2.16. The Bertz CT molecular complexity index is 380. The van der Waals surface area contributed by atoms with E-state index >= 15 is 0 Å². The van der Waals surface area contributed by atoms with Crippen LogP contribution in [-0.2, 0) is 0 Å². The molecule has 0 aromatic heterocycles. The number of hydrogen-bond donors (Lipinski definition) is 2. The van der Waals surface area contributed by atoms with E-state index in [1.54, 1.807) is 0 Å². The van der Waals surface area contributed by atoms with Gasteiger partial charge >= 0.3 is 0 Å². The highest BCUT2D eigenvalue weighted by atomic mass is 79.9. The molecule has 100 valence electrons. The maximum atomic E-state index is 7.27. The molecular formula is C13H20BrN3O. The first-order valence-electron chi connectivity index (χ1n) is 5.90. The summed E-state index contributed by atoms with van der Waals surface area (Å²) in [5, 5.41) is 7.27. The molecule has 18 heavy (non-hydrogen) atoms. The van der Waals surface area contributed by atoms with Crippen molar-refractivity contribution < 1.29 is 4.74 Å². The molecular weight excluding hydrogens is 294 g/mol. The van der Waals surface area contributed by atoms with Crippen LogP contribution in [0.2, 0.25) is 0 Å². The van der Waals surface area contributed by atoms with E-state index in [2.05, 4.69) is 27.8 Å². The van der Waals surface area contributed by atoms with Crippen molar-refractivity contribution in [2.75, 3.05) is 20.2 Å². The van der Waals surface area contributed by atoms with Crippen molar-refractivity contribution in [1.29, 1.82) is 5.41 Å². The van der Waals surface area contributed by atoms with Crippen LogP contribution < -0.4 is 10.5 Å². The summed E-state index contributed by atoms with van der Waals surface area (Å²) in [6.45, 7) is 3.49. The van der Waals surface area contributed by atoms with Gasteiger partial charge in [-0.2, -0.15) is 0 Å². The van der Waals surface area contributed by atoms with Crippen molar-refractivity contribution >= 4 is 21.8 Å². The number of ether oxygens (including phenoxy) is 1. The van der Waals surface area contributed by atoms with Gasteiger partial charge in [0.25, 0.3) is 0 Å².